The predicted molar refractivity (Wildman–Crippen MR) is 104 cm³/mol. The molecule has 1 saturated heterocycles. The molecule has 8 heteroatoms. The number of aromatic nitrogens is 1. The Bertz CT molecular complexity index is 887. The Morgan fingerprint density at radius 3 is 3.07 bits per heavy atom. The molecule has 8 nitrogen and oxygen atoms in total. The van der Waals surface area contributed by atoms with E-state index in [0.717, 1.165) is 25.2 Å². The third-order valence-electron chi connectivity index (χ3n) is 4.91. The number of anilines is 2. The highest BCUT2D eigenvalue weighted by Gasteiger charge is 2.27. The van der Waals surface area contributed by atoms with Crippen LogP contribution in [0.15, 0.2) is 36.5 Å². The summed E-state index contributed by atoms with van der Waals surface area (Å²) in [6.07, 6.45) is 3.60. The fraction of sp³-hybridized carbons (Fsp3) is 0.350. The van der Waals surface area contributed by atoms with E-state index in [1.165, 1.54) is 7.11 Å². The van der Waals surface area contributed by atoms with Gasteiger partial charge in [-0.05, 0) is 31.0 Å². The van der Waals surface area contributed by atoms with Gasteiger partial charge >= 0.3 is 0 Å². The first-order valence-electron chi connectivity index (χ1n) is 9.25. The molecule has 4 rings (SSSR count). The van der Waals surface area contributed by atoms with Crippen molar-refractivity contribution in [1.82, 2.24) is 10.3 Å². The Hall–Kier alpha value is -3.29. The summed E-state index contributed by atoms with van der Waals surface area (Å²) in [5.74, 6) is 1.28. The van der Waals surface area contributed by atoms with Crippen LogP contribution in [-0.2, 0) is 4.79 Å². The van der Waals surface area contributed by atoms with Crippen LogP contribution in [0.2, 0.25) is 0 Å². The molecule has 0 aliphatic carbocycles. The van der Waals surface area contributed by atoms with E-state index in [1.807, 2.05) is 18.2 Å². The number of rotatable bonds is 4. The Balaban J connectivity index is 1.53. The number of benzene rings is 1. The molecule has 1 aromatic heterocycles. The number of methoxy groups -OCH3 is 1. The van der Waals surface area contributed by atoms with Crippen molar-refractivity contribution in [1.29, 1.82) is 0 Å². The zero-order valence-electron chi connectivity index (χ0n) is 15.6. The minimum absolute atomic E-state index is 0.0229. The van der Waals surface area contributed by atoms with Crippen LogP contribution in [-0.4, -0.2) is 49.6 Å². The van der Waals surface area contributed by atoms with Crippen LogP contribution in [0.25, 0.3) is 0 Å². The largest absolute Gasteiger partial charge is 0.497 e. The highest BCUT2D eigenvalue weighted by atomic mass is 16.5. The molecule has 1 unspecified atom stereocenters. The Labute approximate surface area is 162 Å². The van der Waals surface area contributed by atoms with E-state index in [9.17, 15) is 9.59 Å². The molecule has 2 aliphatic rings. The third-order valence-corrected chi connectivity index (χ3v) is 4.91. The summed E-state index contributed by atoms with van der Waals surface area (Å²) < 4.78 is 10.7. The number of pyridine rings is 1. The maximum absolute atomic E-state index is 13.0. The quantitative estimate of drug-likeness (QED) is 0.838. The first-order valence-corrected chi connectivity index (χ1v) is 9.25. The maximum Gasteiger partial charge on any atom is 0.262 e. The molecule has 1 fully saturated rings. The number of carbonyl (C=O) groups excluding carboxylic acids is 2. The second-order valence-corrected chi connectivity index (χ2v) is 6.83. The van der Waals surface area contributed by atoms with E-state index in [1.54, 1.807) is 18.3 Å². The monoisotopic (exact) mass is 382 g/mol. The van der Waals surface area contributed by atoms with E-state index in [0.29, 0.717) is 29.3 Å². The highest BCUT2D eigenvalue weighted by molar-refractivity contribution is 6.07. The molecular weight excluding hydrogens is 360 g/mol. The molecule has 2 aliphatic heterocycles. The van der Waals surface area contributed by atoms with Gasteiger partial charge in [-0.15, -0.1) is 0 Å². The molecular formula is C20H22N4O4. The normalized spacial score (nSPS) is 18.5. The maximum atomic E-state index is 13.0. The van der Waals surface area contributed by atoms with Gasteiger partial charge in [0.25, 0.3) is 11.8 Å². The zero-order chi connectivity index (χ0) is 19.5. The molecule has 2 N–H and O–H groups in total. The summed E-state index contributed by atoms with van der Waals surface area (Å²) in [5, 5.41) is 5.81. The summed E-state index contributed by atoms with van der Waals surface area (Å²) in [5.41, 5.74) is 0.712. The van der Waals surface area contributed by atoms with Gasteiger partial charge in [0.05, 0.1) is 18.4 Å². The number of nitrogens with one attached hydrogen (secondary N) is 2. The summed E-state index contributed by atoms with van der Waals surface area (Å²) in [4.78, 5) is 31.3. The number of ether oxygens (including phenoxy) is 2. The van der Waals surface area contributed by atoms with Crippen LogP contribution < -0.4 is 25.0 Å². The fourth-order valence-electron chi connectivity index (χ4n) is 3.56. The van der Waals surface area contributed by atoms with Crippen molar-refractivity contribution in [2.24, 2.45) is 0 Å². The Morgan fingerprint density at radius 2 is 2.29 bits per heavy atom. The average molecular weight is 382 g/mol. The fourth-order valence-corrected chi connectivity index (χ4v) is 3.56. The van der Waals surface area contributed by atoms with Crippen LogP contribution in [0.3, 0.4) is 0 Å². The Morgan fingerprint density at radius 1 is 1.39 bits per heavy atom. The van der Waals surface area contributed by atoms with Crippen LogP contribution in [0.5, 0.6) is 11.5 Å². The molecule has 2 amide bonds. The van der Waals surface area contributed by atoms with E-state index in [-0.39, 0.29) is 24.5 Å². The van der Waals surface area contributed by atoms with Gasteiger partial charge < -0.3 is 25.0 Å². The lowest BCUT2D eigenvalue weighted by molar-refractivity contribution is -0.118. The summed E-state index contributed by atoms with van der Waals surface area (Å²) >= 11 is 0. The lowest BCUT2D eigenvalue weighted by Gasteiger charge is -2.34. The molecule has 0 spiro atoms. The van der Waals surface area contributed by atoms with Crippen molar-refractivity contribution in [3.63, 3.8) is 0 Å². The number of amides is 2. The van der Waals surface area contributed by atoms with E-state index in [2.05, 4.69) is 20.5 Å². The van der Waals surface area contributed by atoms with E-state index in [4.69, 9.17) is 9.47 Å². The number of hydrogen-bond donors (Lipinski definition) is 2. The summed E-state index contributed by atoms with van der Waals surface area (Å²) in [6.45, 7) is 1.50. The van der Waals surface area contributed by atoms with Gasteiger partial charge in [0.15, 0.2) is 6.61 Å². The van der Waals surface area contributed by atoms with Crippen molar-refractivity contribution >= 4 is 23.3 Å². The number of fused-ring (bicyclic) bond motifs is 1. The predicted octanol–water partition coefficient (Wildman–Crippen LogP) is 1.82. The second kappa shape index (κ2) is 7.75. The standard InChI is InChI=1S/C20H22N4O4/c1-27-14-9-15(19-16(10-14)28-12-18(25)23-19)20(26)22-13-5-4-8-24(11-13)17-6-2-3-7-21-17/h2-3,6-7,9-10,13H,4-5,8,11-12H2,1H3,(H,22,26)(H,23,25). The average Bonchev–Trinajstić information content (AvgIpc) is 2.73. The molecule has 1 aromatic carbocycles. The number of nitrogens with zero attached hydrogens (tertiary/aromatic N) is 2. The van der Waals surface area contributed by atoms with Crippen molar-refractivity contribution in [2.45, 2.75) is 18.9 Å². The molecule has 0 bridgehead atoms. The van der Waals surface area contributed by atoms with Gasteiger partial charge in [0, 0.05) is 31.4 Å². The van der Waals surface area contributed by atoms with Crippen molar-refractivity contribution < 1.29 is 19.1 Å². The molecule has 146 valence electrons. The number of carbonyl (C=O) groups is 2. The highest BCUT2D eigenvalue weighted by Crippen LogP contribution is 2.36. The minimum atomic E-state index is -0.286. The molecule has 2 aromatic rings. The van der Waals surface area contributed by atoms with Crippen LogP contribution >= 0.6 is 0 Å². The molecule has 28 heavy (non-hydrogen) atoms. The van der Waals surface area contributed by atoms with Crippen molar-refractivity contribution in [3.8, 4) is 11.5 Å². The van der Waals surface area contributed by atoms with Crippen molar-refractivity contribution in [2.75, 3.05) is 37.0 Å². The molecule has 1 atom stereocenters. The number of hydrogen-bond acceptors (Lipinski definition) is 6. The lowest BCUT2D eigenvalue weighted by Crippen LogP contribution is -2.48. The van der Waals surface area contributed by atoms with E-state index >= 15 is 0 Å². The van der Waals surface area contributed by atoms with Crippen LogP contribution in [0, 0.1) is 0 Å². The van der Waals surface area contributed by atoms with E-state index < -0.39 is 0 Å². The van der Waals surface area contributed by atoms with Gasteiger partial charge in [0.1, 0.15) is 17.3 Å². The number of piperidine rings is 1. The summed E-state index contributed by atoms with van der Waals surface area (Å²) in [6, 6.07) is 9.06. The molecule has 3 heterocycles. The SMILES string of the molecule is COc1cc2c(c(C(=O)NC3CCCN(c4ccccn4)C3)c1)NC(=O)CO2. The minimum Gasteiger partial charge on any atom is -0.497 e. The molecule has 0 radical (unpaired) electrons. The topological polar surface area (TPSA) is 92.8 Å². The lowest BCUT2D eigenvalue weighted by atomic mass is 10.0. The molecule has 0 saturated carbocycles. The third kappa shape index (κ3) is 3.71. The van der Waals surface area contributed by atoms with Gasteiger partial charge in [0.2, 0.25) is 0 Å². The van der Waals surface area contributed by atoms with Gasteiger partial charge in [-0.1, -0.05) is 6.07 Å². The van der Waals surface area contributed by atoms with Gasteiger partial charge in [-0.3, -0.25) is 9.59 Å². The smallest absolute Gasteiger partial charge is 0.262 e. The first-order chi connectivity index (χ1) is 13.6. The van der Waals surface area contributed by atoms with Gasteiger partial charge in [-0.2, -0.15) is 0 Å². The first kappa shape index (κ1) is 18.1. The van der Waals surface area contributed by atoms with Crippen molar-refractivity contribution in [3.05, 3.63) is 42.1 Å². The second-order valence-electron chi connectivity index (χ2n) is 6.83. The summed E-state index contributed by atoms with van der Waals surface area (Å²) in [7, 11) is 1.52. The van der Waals surface area contributed by atoms with Crippen LogP contribution in [0.1, 0.15) is 23.2 Å². The zero-order valence-corrected chi connectivity index (χ0v) is 15.6. The van der Waals surface area contributed by atoms with Gasteiger partial charge in [-0.25, -0.2) is 4.98 Å². The Kier molecular flexibility index (Phi) is 5.01. The van der Waals surface area contributed by atoms with Crippen LogP contribution in [0.4, 0.5) is 11.5 Å².